The summed E-state index contributed by atoms with van der Waals surface area (Å²) in [7, 11) is 0. The molecule has 0 amide bonds. The summed E-state index contributed by atoms with van der Waals surface area (Å²) in [5.41, 5.74) is 0.0930. The fourth-order valence-electron chi connectivity index (χ4n) is 3.86. The number of nitrogens with zero attached hydrogens (tertiary/aromatic N) is 2. The summed E-state index contributed by atoms with van der Waals surface area (Å²) in [5, 5.41) is 0. The molecule has 3 aliphatic rings. The summed E-state index contributed by atoms with van der Waals surface area (Å²) >= 11 is 0. The quantitative estimate of drug-likeness (QED) is 0.692. The van der Waals surface area contributed by atoms with Crippen molar-refractivity contribution in [3.63, 3.8) is 0 Å². The first-order valence-corrected chi connectivity index (χ1v) is 7.26. The predicted molar refractivity (Wildman–Crippen MR) is 69.2 cm³/mol. The lowest BCUT2D eigenvalue weighted by atomic mass is 9.92. The maximum atomic E-state index is 5.84. The third kappa shape index (κ3) is 2.51. The van der Waals surface area contributed by atoms with Crippen LogP contribution >= 0.6 is 0 Å². The largest absolute Gasteiger partial charge is 0.375 e. The molecule has 0 aromatic heterocycles. The Kier molecular flexibility index (Phi) is 3.18. The molecule has 0 aromatic carbocycles. The number of piperazine rings is 1. The molecule has 3 fully saturated rings. The van der Waals surface area contributed by atoms with Gasteiger partial charge in [0.15, 0.2) is 0 Å². The number of rotatable bonds is 1. The van der Waals surface area contributed by atoms with E-state index in [1.165, 1.54) is 51.9 Å². The highest BCUT2D eigenvalue weighted by molar-refractivity contribution is 4.92. The zero-order valence-corrected chi connectivity index (χ0v) is 11.3. The highest BCUT2D eigenvalue weighted by atomic mass is 16.5. The Morgan fingerprint density at radius 2 is 1.82 bits per heavy atom. The second-order valence-electron chi connectivity index (χ2n) is 6.58. The lowest BCUT2D eigenvalue weighted by Crippen LogP contribution is -2.56. The van der Waals surface area contributed by atoms with Gasteiger partial charge >= 0.3 is 0 Å². The van der Waals surface area contributed by atoms with Gasteiger partial charge in [-0.3, -0.25) is 9.80 Å². The van der Waals surface area contributed by atoms with E-state index < -0.39 is 0 Å². The predicted octanol–water partition coefficient (Wildman–Crippen LogP) is 1.72. The first-order valence-electron chi connectivity index (χ1n) is 7.26. The van der Waals surface area contributed by atoms with Gasteiger partial charge in [-0.15, -0.1) is 0 Å². The molecule has 3 heterocycles. The minimum Gasteiger partial charge on any atom is -0.375 e. The van der Waals surface area contributed by atoms with E-state index in [4.69, 9.17) is 4.74 Å². The second-order valence-corrected chi connectivity index (χ2v) is 6.58. The molecule has 0 spiro atoms. The van der Waals surface area contributed by atoms with Gasteiger partial charge in [-0.05, 0) is 46.1 Å². The highest BCUT2D eigenvalue weighted by Crippen LogP contribution is 2.30. The lowest BCUT2D eigenvalue weighted by Gasteiger charge is -2.46. The standard InChI is InChI=1S/C14H26N2O/c1-14(2)10-12(5-9-17-14)16-8-7-15-6-3-4-13(15)11-16/h12-13H,3-11H2,1-2H3. The minimum atomic E-state index is 0.0930. The third-order valence-electron chi connectivity index (χ3n) is 4.81. The average molecular weight is 238 g/mol. The molecule has 0 N–H and O–H groups in total. The molecule has 3 aliphatic heterocycles. The summed E-state index contributed by atoms with van der Waals surface area (Å²) < 4.78 is 5.84. The molecular formula is C14H26N2O. The van der Waals surface area contributed by atoms with Gasteiger partial charge in [0.1, 0.15) is 0 Å². The second kappa shape index (κ2) is 4.52. The Labute approximate surface area is 105 Å². The minimum absolute atomic E-state index is 0.0930. The van der Waals surface area contributed by atoms with Crippen molar-refractivity contribution in [3.8, 4) is 0 Å². The van der Waals surface area contributed by atoms with E-state index in [-0.39, 0.29) is 5.60 Å². The van der Waals surface area contributed by atoms with E-state index in [1.54, 1.807) is 0 Å². The van der Waals surface area contributed by atoms with Crippen molar-refractivity contribution in [2.75, 3.05) is 32.8 Å². The van der Waals surface area contributed by atoms with Crippen LogP contribution in [0.15, 0.2) is 0 Å². The molecule has 3 rings (SSSR count). The van der Waals surface area contributed by atoms with Gasteiger partial charge in [-0.25, -0.2) is 0 Å². The van der Waals surface area contributed by atoms with Crippen molar-refractivity contribution < 1.29 is 4.74 Å². The Hall–Kier alpha value is -0.120. The lowest BCUT2D eigenvalue weighted by molar-refractivity contribution is -0.0904. The smallest absolute Gasteiger partial charge is 0.0641 e. The molecule has 0 radical (unpaired) electrons. The van der Waals surface area contributed by atoms with Crippen LogP contribution in [0.1, 0.15) is 39.5 Å². The number of hydrogen-bond donors (Lipinski definition) is 0. The first-order chi connectivity index (χ1) is 8.14. The van der Waals surface area contributed by atoms with Crippen molar-refractivity contribution in [2.24, 2.45) is 0 Å². The fraction of sp³-hybridized carbons (Fsp3) is 1.00. The molecule has 0 aliphatic carbocycles. The number of fused-ring (bicyclic) bond motifs is 1. The van der Waals surface area contributed by atoms with E-state index in [9.17, 15) is 0 Å². The summed E-state index contributed by atoms with van der Waals surface area (Å²) in [4.78, 5) is 5.44. The molecule has 2 unspecified atom stereocenters. The Morgan fingerprint density at radius 3 is 2.65 bits per heavy atom. The van der Waals surface area contributed by atoms with Crippen LogP contribution in [0.25, 0.3) is 0 Å². The van der Waals surface area contributed by atoms with E-state index in [1.807, 2.05) is 0 Å². The average Bonchev–Trinajstić information content (AvgIpc) is 2.74. The monoisotopic (exact) mass is 238 g/mol. The Morgan fingerprint density at radius 1 is 1.00 bits per heavy atom. The van der Waals surface area contributed by atoms with Crippen molar-refractivity contribution in [1.82, 2.24) is 9.80 Å². The van der Waals surface area contributed by atoms with Gasteiger partial charge < -0.3 is 4.74 Å². The normalized spacial score (nSPS) is 39.2. The van der Waals surface area contributed by atoms with Crippen molar-refractivity contribution in [1.29, 1.82) is 0 Å². The van der Waals surface area contributed by atoms with E-state index in [2.05, 4.69) is 23.6 Å². The molecule has 98 valence electrons. The molecule has 0 saturated carbocycles. The van der Waals surface area contributed by atoms with Gasteiger partial charge in [0.25, 0.3) is 0 Å². The van der Waals surface area contributed by atoms with Crippen LogP contribution in [0.3, 0.4) is 0 Å². The maximum Gasteiger partial charge on any atom is 0.0641 e. The van der Waals surface area contributed by atoms with Crippen LogP contribution in [0.2, 0.25) is 0 Å². The van der Waals surface area contributed by atoms with Gasteiger partial charge in [-0.1, -0.05) is 0 Å². The zero-order valence-electron chi connectivity index (χ0n) is 11.3. The first kappa shape index (κ1) is 11.9. The Balaban J connectivity index is 1.61. The van der Waals surface area contributed by atoms with Gasteiger partial charge in [0, 0.05) is 38.3 Å². The van der Waals surface area contributed by atoms with Gasteiger partial charge in [0.2, 0.25) is 0 Å². The van der Waals surface area contributed by atoms with Crippen molar-refractivity contribution in [2.45, 2.75) is 57.2 Å². The summed E-state index contributed by atoms with van der Waals surface area (Å²) in [6.07, 6.45) is 5.27. The number of hydrogen-bond acceptors (Lipinski definition) is 3. The maximum absolute atomic E-state index is 5.84. The van der Waals surface area contributed by atoms with E-state index in [0.717, 1.165) is 18.7 Å². The topological polar surface area (TPSA) is 15.7 Å². The molecule has 3 saturated heterocycles. The highest BCUT2D eigenvalue weighted by Gasteiger charge is 2.37. The van der Waals surface area contributed by atoms with Crippen LogP contribution in [0, 0.1) is 0 Å². The SMILES string of the molecule is CC1(C)CC(N2CCN3CCCC3C2)CCO1. The van der Waals surface area contributed by atoms with Crippen molar-refractivity contribution in [3.05, 3.63) is 0 Å². The molecule has 3 nitrogen and oxygen atoms in total. The number of ether oxygens (including phenoxy) is 1. The molecule has 0 bridgehead atoms. The van der Waals surface area contributed by atoms with Crippen LogP contribution < -0.4 is 0 Å². The van der Waals surface area contributed by atoms with Gasteiger partial charge in [0.05, 0.1) is 5.60 Å². The molecule has 2 atom stereocenters. The summed E-state index contributed by atoms with van der Waals surface area (Å²) in [5.74, 6) is 0. The van der Waals surface area contributed by atoms with Crippen LogP contribution in [-0.4, -0.2) is 60.3 Å². The van der Waals surface area contributed by atoms with Crippen LogP contribution in [-0.2, 0) is 4.74 Å². The third-order valence-corrected chi connectivity index (χ3v) is 4.81. The fourth-order valence-corrected chi connectivity index (χ4v) is 3.86. The molecule has 3 heteroatoms. The molecule has 17 heavy (non-hydrogen) atoms. The summed E-state index contributed by atoms with van der Waals surface area (Å²) in [6, 6.07) is 1.62. The molecular weight excluding hydrogens is 212 g/mol. The summed E-state index contributed by atoms with van der Waals surface area (Å²) in [6.45, 7) is 10.6. The Bertz CT molecular complexity index is 279. The van der Waals surface area contributed by atoms with E-state index >= 15 is 0 Å². The molecule has 0 aromatic rings. The van der Waals surface area contributed by atoms with Crippen LogP contribution in [0.5, 0.6) is 0 Å². The van der Waals surface area contributed by atoms with E-state index in [0.29, 0.717) is 0 Å². The van der Waals surface area contributed by atoms with Crippen LogP contribution in [0.4, 0.5) is 0 Å². The van der Waals surface area contributed by atoms with Gasteiger partial charge in [-0.2, -0.15) is 0 Å². The van der Waals surface area contributed by atoms with Crippen molar-refractivity contribution >= 4 is 0 Å². The zero-order chi connectivity index (χ0) is 11.9.